The minimum absolute atomic E-state index is 0.0536. The van der Waals surface area contributed by atoms with Crippen LogP contribution in [0.15, 0.2) is 67.0 Å². The highest BCUT2D eigenvalue weighted by Gasteiger charge is 2.45. The van der Waals surface area contributed by atoms with E-state index in [4.69, 9.17) is 11.6 Å². The van der Waals surface area contributed by atoms with Gasteiger partial charge in [-0.1, -0.05) is 67.6 Å². The number of fused-ring (bicyclic) bond motifs is 1. The maximum Gasteiger partial charge on any atom is 0.226 e. The summed E-state index contributed by atoms with van der Waals surface area (Å²) in [6.07, 6.45) is 0.415. The van der Waals surface area contributed by atoms with Crippen molar-refractivity contribution in [3.8, 4) is 0 Å². The van der Waals surface area contributed by atoms with Gasteiger partial charge in [-0.05, 0) is 34.4 Å². The lowest BCUT2D eigenvalue weighted by Gasteiger charge is -2.20. The highest BCUT2D eigenvalue weighted by Crippen LogP contribution is 2.39. The number of anilines is 1. The van der Waals surface area contributed by atoms with E-state index in [2.05, 4.69) is 59.9 Å². The maximum absolute atomic E-state index is 11.0. The van der Waals surface area contributed by atoms with Gasteiger partial charge in [-0.3, -0.25) is 0 Å². The number of halogens is 1. The molecule has 3 N–H and O–H groups in total. The Morgan fingerprint density at radius 2 is 1.64 bits per heavy atom. The van der Waals surface area contributed by atoms with Gasteiger partial charge in [0.15, 0.2) is 22.8 Å². The molecule has 0 radical (unpaired) electrons. The number of aromatic nitrogens is 8. The normalized spacial score (nSPS) is 21.2. The Bertz CT molecular complexity index is 1520. The van der Waals surface area contributed by atoms with Crippen molar-refractivity contribution in [3.05, 3.63) is 89.2 Å². The number of aryl methyl sites for hydroxylation is 1. The summed E-state index contributed by atoms with van der Waals surface area (Å²) in [7, 11) is 0. The van der Waals surface area contributed by atoms with E-state index < -0.39 is 24.3 Å². The minimum Gasteiger partial charge on any atom is -0.388 e. The number of nitrogens with zero attached hydrogens (tertiary/aromatic N) is 8. The molecule has 11 nitrogen and oxygen atoms in total. The van der Waals surface area contributed by atoms with Gasteiger partial charge in [0.1, 0.15) is 18.2 Å². The number of benzene rings is 2. The van der Waals surface area contributed by atoms with Crippen LogP contribution < -0.4 is 5.32 Å². The summed E-state index contributed by atoms with van der Waals surface area (Å²) in [6, 6.07) is 19.5. The van der Waals surface area contributed by atoms with Crippen LogP contribution in [0.2, 0.25) is 5.28 Å². The second-order valence-electron chi connectivity index (χ2n) is 9.65. The topological polar surface area (TPSA) is 140 Å². The number of imidazole rings is 1. The van der Waals surface area contributed by atoms with E-state index in [1.54, 1.807) is 10.9 Å². The number of aliphatic hydroxyl groups excluding tert-OH is 2. The average molecular weight is 546 g/mol. The Labute approximate surface area is 229 Å². The van der Waals surface area contributed by atoms with Crippen LogP contribution in [0.3, 0.4) is 0 Å². The van der Waals surface area contributed by atoms with Gasteiger partial charge < -0.3 is 20.1 Å². The first-order valence-corrected chi connectivity index (χ1v) is 13.3. The molecule has 3 aromatic heterocycles. The molecule has 6 rings (SSSR count). The van der Waals surface area contributed by atoms with Crippen LogP contribution in [0.5, 0.6) is 0 Å². The van der Waals surface area contributed by atoms with Crippen LogP contribution in [0.4, 0.5) is 5.82 Å². The summed E-state index contributed by atoms with van der Waals surface area (Å²) >= 11 is 6.37. The molecule has 0 saturated heterocycles. The van der Waals surface area contributed by atoms with Crippen LogP contribution >= 0.6 is 11.6 Å². The molecule has 0 spiro atoms. The molecule has 39 heavy (non-hydrogen) atoms. The maximum atomic E-state index is 11.0. The van der Waals surface area contributed by atoms with Gasteiger partial charge in [0.25, 0.3) is 0 Å². The molecular weight excluding hydrogens is 518 g/mol. The van der Waals surface area contributed by atoms with E-state index in [-0.39, 0.29) is 11.2 Å². The van der Waals surface area contributed by atoms with E-state index in [0.717, 1.165) is 0 Å². The van der Waals surface area contributed by atoms with E-state index in [1.165, 1.54) is 15.9 Å². The summed E-state index contributed by atoms with van der Waals surface area (Å²) in [4.78, 5) is 14.8. The Kier molecular flexibility index (Phi) is 6.94. The largest absolute Gasteiger partial charge is 0.388 e. The summed E-state index contributed by atoms with van der Waals surface area (Å²) in [5, 5.41) is 37.7. The van der Waals surface area contributed by atoms with E-state index in [1.807, 2.05) is 43.3 Å². The first-order chi connectivity index (χ1) is 19.0. The fraction of sp³-hybridized carbons (Fsp3) is 0.333. The molecule has 1 aliphatic carbocycles. The molecule has 2 aromatic carbocycles. The number of nitrogens with one attached hydrogen (secondary N) is 1. The number of aliphatic hydroxyl groups is 2. The third-order valence-corrected chi connectivity index (χ3v) is 7.50. The zero-order valence-electron chi connectivity index (χ0n) is 21.2. The summed E-state index contributed by atoms with van der Waals surface area (Å²) in [5.41, 5.74) is 3.32. The fourth-order valence-corrected chi connectivity index (χ4v) is 5.45. The Hall–Kier alpha value is -3.93. The van der Waals surface area contributed by atoms with Crippen LogP contribution in [0.25, 0.3) is 11.2 Å². The smallest absolute Gasteiger partial charge is 0.226 e. The first kappa shape index (κ1) is 25.4. The molecule has 5 aromatic rings. The van der Waals surface area contributed by atoms with Crippen molar-refractivity contribution in [3.63, 3.8) is 0 Å². The van der Waals surface area contributed by atoms with Crippen LogP contribution in [0, 0.1) is 0 Å². The van der Waals surface area contributed by atoms with Crippen molar-refractivity contribution < 1.29 is 10.2 Å². The minimum atomic E-state index is -1.09. The van der Waals surface area contributed by atoms with Crippen molar-refractivity contribution in [2.45, 2.75) is 50.0 Å². The Morgan fingerprint density at radius 1 is 0.974 bits per heavy atom. The lowest BCUT2D eigenvalue weighted by Crippen LogP contribution is -2.31. The number of hydrogen-bond donors (Lipinski definition) is 3. The number of hydrogen-bond acceptors (Lipinski definition) is 9. The van der Waals surface area contributed by atoms with Crippen molar-refractivity contribution in [1.82, 2.24) is 39.7 Å². The monoisotopic (exact) mass is 545 g/mol. The highest BCUT2D eigenvalue weighted by molar-refractivity contribution is 6.28. The summed E-state index contributed by atoms with van der Waals surface area (Å²) in [5.74, 6) is 1.14. The molecule has 1 aliphatic rings. The van der Waals surface area contributed by atoms with Gasteiger partial charge in [0.05, 0.1) is 12.4 Å². The molecule has 0 amide bonds. The SMILES string of the molecule is CCc1nnn([C@H]2CC(n3cnc4c(NCC(c5ccccc5)c5ccccc5)nc(Cl)nc43)C(O)C2O)n1. The predicted molar refractivity (Wildman–Crippen MR) is 145 cm³/mol. The Balaban J connectivity index is 1.30. The van der Waals surface area contributed by atoms with Gasteiger partial charge in [0, 0.05) is 18.9 Å². The van der Waals surface area contributed by atoms with Gasteiger partial charge in [0.2, 0.25) is 5.28 Å². The first-order valence-electron chi connectivity index (χ1n) is 12.9. The van der Waals surface area contributed by atoms with Gasteiger partial charge in [-0.25, -0.2) is 4.98 Å². The molecule has 3 heterocycles. The van der Waals surface area contributed by atoms with E-state index in [0.29, 0.717) is 42.2 Å². The van der Waals surface area contributed by atoms with Crippen molar-refractivity contribution in [2.24, 2.45) is 0 Å². The van der Waals surface area contributed by atoms with Gasteiger partial charge in [-0.15, -0.1) is 10.2 Å². The third kappa shape index (κ3) is 4.84. The summed E-state index contributed by atoms with van der Waals surface area (Å²) in [6.45, 7) is 2.48. The van der Waals surface area contributed by atoms with Crippen molar-refractivity contribution in [2.75, 3.05) is 11.9 Å². The molecular formula is C27H28ClN9O2. The molecule has 3 unspecified atom stereocenters. The van der Waals surface area contributed by atoms with E-state index >= 15 is 0 Å². The van der Waals surface area contributed by atoms with Crippen molar-refractivity contribution >= 4 is 28.6 Å². The summed E-state index contributed by atoms with van der Waals surface area (Å²) < 4.78 is 1.74. The Morgan fingerprint density at radius 3 is 2.28 bits per heavy atom. The second kappa shape index (κ2) is 10.7. The molecule has 1 saturated carbocycles. The third-order valence-electron chi connectivity index (χ3n) is 7.33. The predicted octanol–water partition coefficient (Wildman–Crippen LogP) is 3.18. The van der Waals surface area contributed by atoms with Crippen LogP contribution in [-0.2, 0) is 6.42 Å². The standard InChI is InChI=1S/C27H28ClN9O2/c1-2-21-33-35-37(34-21)20-13-19(23(38)24(20)39)36-15-30-22-25(31-27(28)32-26(22)36)29-14-18(16-9-5-3-6-10-16)17-11-7-4-8-12-17/h3-12,15,18-20,23-24,38-39H,2,13-14H2,1H3,(H,29,31,32)/t19?,20-,23?,24?/m0/s1. The van der Waals surface area contributed by atoms with E-state index in [9.17, 15) is 10.2 Å². The zero-order valence-corrected chi connectivity index (χ0v) is 22.0. The van der Waals surface area contributed by atoms with Crippen LogP contribution in [-0.4, -0.2) is 68.7 Å². The molecule has 200 valence electrons. The lowest BCUT2D eigenvalue weighted by atomic mass is 9.91. The van der Waals surface area contributed by atoms with Gasteiger partial charge in [-0.2, -0.15) is 14.8 Å². The molecule has 12 heteroatoms. The molecule has 4 atom stereocenters. The average Bonchev–Trinajstić information content (AvgIpc) is 3.68. The zero-order chi connectivity index (χ0) is 26.9. The molecule has 0 aliphatic heterocycles. The van der Waals surface area contributed by atoms with Crippen LogP contribution in [0.1, 0.15) is 48.3 Å². The number of tetrazole rings is 1. The number of rotatable bonds is 8. The highest BCUT2D eigenvalue weighted by atomic mass is 35.5. The second-order valence-corrected chi connectivity index (χ2v) is 9.99. The molecule has 1 fully saturated rings. The van der Waals surface area contributed by atoms with Crippen molar-refractivity contribution in [1.29, 1.82) is 0 Å². The van der Waals surface area contributed by atoms with Gasteiger partial charge >= 0.3 is 0 Å². The fourth-order valence-electron chi connectivity index (χ4n) is 5.28. The quantitative estimate of drug-likeness (QED) is 0.251. The lowest BCUT2D eigenvalue weighted by molar-refractivity contribution is 0.00473. The molecule has 0 bridgehead atoms.